The Morgan fingerprint density at radius 1 is 0.721 bits per heavy atom. The van der Waals surface area contributed by atoms with Gasteiger partial charge in [0, 0.05) is 74.6 Å². The highest BCUT2D eigenvalue weighted by Crippen LogP contribution is 2.40. The van der Waals surface area contributed by atoms with Gasteiger partial charge in [0.1, 0.15) is 0 Å². The molecule has 2 aliphatic heterocycles. The molecular formula is C30H36N6O6S. The van der Waals surface area contributed by atoms with E-state index in [9.17, 15) is 29.8 Å². The molecule has 228 valence electrons. The lowest BCUT2D eigenvalue weighted by atomic mass is 10.1. The van der Waals surface area contributed by atoms with Gasteiger partial charge >= 0.3 is 0 Å². The highest BCUT2D eigenvalue weighted by molar-refractivity contribution is 7.99. The fourth-order valence-corrected chi connectivity index (χ4v) is 6.40. The molecule has 2 aromatic rings. The van der Waals surface area contributed by atoms with Crippen LogP contribution in [0.25, 0.3) is 12.2 Å². The summed E-state index contributed by atoms with van der Waals surface area (Å²) in [7, 11) is 0. The summed E-state index contributed by atoms with van der Waals surface area (Å²) in [5, 5.41) is 30.6. The average molecular weight is 609 g/mol. The Bertz CT molecular complexity index is 1340. The second-order valence-electron chi connectivity index (χ2n) is 11.2. The summed E-state index contributed by atoms with van der Waals surface area (Å²) in [6.45, 7) is 10.3. The molecule has 2 saturated heterocycles. The monoisotopic (exact) mass is 608 g/mol. The summed E-state index contributed by atoms with van der Waals surface area (Å²) < 4.78 is 0. The van der Waals surface area contributed by atoms with Crippen LogP contribution in [0.3, 0.4) is 0 Å². The normalized spacial score (nSPS) is 22.7. The predicted molar refractivity (Wildman–Crippen MR) is 166 cm³/mol. The van der Waals surface area contributed by atoms with E-state index in [1.165, 1.54) is 48.6 Å². The fourth-order valence-electron chi connectivity index (χ4n) is 5.41. The quantitative estimate of drug-likeness (QED) is 0.256. The smallest absolute Gasteiger partial charge is 0.283 e. The van der Waals surface area contributed by atoms with E-state index < -0.39 is 9.85 Å². The van der Waals surface area contributed by atoms with Gasteiger partial charge in [-0.1, -0.05) is 23.9 Å². The first-order valence-electron chi connectivity index (χ1n) is 14.1. The molecule has 2 aliphatic rings. The Hall–Kier alpha value is -4.07. The SMILES string of the molecule is CC1CN(C(=O)C=Cc2ccc(Sc3ccc(C=CC(=O)N4CC(C)NC(C)C4)cc3[N+](=O)[O-])c([N+](=O)[O-])c2)CC(C)N1. The second kappa shape index (κ2) is 13.9. The van der Waals surface area contributed by atoms with Crippen LogP contribution in [-0.2, 0) is 9.59 Å². The summed E-state index contributed by atoms with van der Waals surface area (Å²) in [6.07, 6.45) is 5.88. The molecule has 2 N–H and O–H groups in total. The summed E-state index contributed by atoms with van der Waals surface area (Å²) in [4.78, 5) is 52.0. The van der Waals surface area contributed by atoms with Gasteiger partial charge in [0.2, 0.25) is 11.8 Å². The van der Waals surface area contributed by atoms with Crippen LogP contribution in [0, 0.1) is 20.2 Å². The molecule has 0 bridgehead atoms. The zero-order valence-corrected chi connectivity index (χ0v) is 25.4. The zero-order chi connectivity index (χ0) is 31.3. The summed E-state index contributed by atoms with van der Waals surface area (Å²) >= 11 is 0.914. The van der Waals surface area contributed by atoms with E-state index >= 15 is 0 Å². The van der Waals surface area contributed by atoms with Crippen LogP contribution in [0.4, 0.5) is 11.4 Å². The molecular weight excluding hydrogens is 572 g/mol. The lowest BCUT2D eigenvalue weighted by molar-refractivity contribution is -0.388. The van der Waals surface area contributed by atoms with Crippen molar-refractivity contribution >= 4 is 47.1 Å². The molecule has 2 fully saturated rings. The van der Waals surface area contributed by atoms with Crippen molar-refractivity contribution in [3.05, 3.63) is 79.9 Å². The number of nitrogens with zero attached hydrogens (tertiary/aromatic N) is 4. The first-order chi connectivity index (χ1) is 20.4. The Kier molecular flexibility index (Phi) is 10.3. The second-order valence-corrected chi connectivity index (χ2v) is 12.2. The van der Waals surface area contributed by atoms with Crippen molar-refractivity contribution in [3.8, 4) is 0 Å². The number of carbonyl (C=O) groups excluding carboxylic acids is 2. The first-order valence-corrected chi connectivity index (χ1v) is 14.9. The van der Waals surface area contributed by atoms with Crippen molar-refractivity contribution in [2.24, 2.45) is 0 Å². The standard InChI is InChI=1S/C30H36N6O6S/c1-19-15-33(16-20(2)31-19)29(37)11-7-23-5-9-27(25(13-23)35(39)40)43-28-10-6-24(14-26(28)36(41)42)8-12-30(38)34-17-21(3)32-22(4)18-34/h5-14,19-22,31-32H,15-18H2,1-4H3. The van der Waals surface area contributed by atoms with Crippen LogP contribution in [-0.4, -0.2) is 81.8 Å². The van der Waals surface area contributed by atoms with Crippen molar-refractivity contribution in [1.29, 1.82) is 0 Å². The summed E-state index contributed by atoms with van der Waals surface area (Å²) in [5.74, 6) is -0.352. The molecule has 2 heterocycles. The van der Waals surface area contributed by atoms with Crippen molar-refractivity contribution in [1.82, 2.24) is 20.4 Å². The number of amides is 2. The molecule has 0 spiro atoms. The fraction of sp³-hybridized carbons (Fsp3) is 0.400. The van der Waals surface area contributed by atoms with Gasteiger partial charge in [-0.2, -0.15) is 0 Å². The molecule has 0 aliphatic carbocycles. The Morgan fingerprint density at radius 3 is 1.40 bits per heavy atom. The van der Waals surface area contributed by atoms with E-state index in [4.69, 9.17) is 0 Å². The maximum atomic E-state index is 12.7. The molecule has 0 saturated carbocycles. The molecule has 0 radical (unpaired) electrons. The number of hydrogen-bond acceptors (Lipinski definition) is 9. The minimum atomic E-state index is -0.548. The van der Waals surface area contributed by atoms with Crippen LogP contribution < -0.4 is 10.6 Å². The molecule has 4 rings (SSSR count). The molecule has 0 aromatic heterocycles. The van der Waals surface area contributed by atoms with Crippen molar-refractivity contribution in [2.75, 3.05) is 26.2 Å². The lowest BCUT2D eigenvalue weighted by Gasteiger charge is -2.35. The number of nitro benzene ring substituents is 2. The van der Waals surface area contributed by atoms with Gasteiger partial charge in [0.05, 0.1) is 19.6 Å². The van der Waals surface area contributed by atoms with Crippen molar-refractivity contribution in [3.63, 3.8) is 0 Å². The largest absolute Gasteiger partial charge is 0.336 e. The Morgan fingerprint density at radius 2 is 1.07 bits per heavy atom. The number of nitrogens with one attached hydrogen (secondary N) is 2. The molecule has 4 atom stereocenters. The third-order valence-corrected chi connectivity index (χ3v) is 8.28. The van der Waals surface area contributed by atoms with E-state index in [1.54, 1.807) is 21.9 Å². The number of piperazine rings is 2. The molecule has 4 unspecified atom stereocenters. The van der Waals surface area contributed by atoms with Gasteiger partial charge in [-0.3, -0.25) is 29.8 Å². The number of carbonyl (C=O) groups is 2. The number of rotatable bonds is 8. The minimum absolute atomic E-state index is 0.167. The Balaban J connectivity index is 1.50. The highest BCUT2D eigenvalue weighted by atomic mass is 32.2. The van der Waals surface area contributed by atoms with Gasteiger partial charge in [-0.05, 0) is 63.1 Å². The zero-order valence-electron chi connectivity index (χ0n) is 24.6. The van der Waals surface area contributed by atoms with Crippen LogP contribution >= 0.6 is 11.8 Å². The van der Waals surface area contributed by atoms with E-state index in [-0.39, 0.29) is 57.1 Å². The molecule has 2 amide bonds. The summed E-state index contributed by atoms with van der Waals surface area (Å²) in [5.41, 5.74) is 0.474. The third kappa shape index (κ3) is 8.49. The molecule has 12 nitrogen and oxygen atoms in total. The van der Waals surface area contributed by atoms with Gasteiger partial charge in [-0.15, -0.1) is 0 Å². The third-order valence-electron chi connectivity index (χ3n) is 7.15. The minimum Gasteiger partial charge on any atom is -0.336 e. The molecule has 43 heavy (non-hydrogen) atoms. The highest BCUT2D eigenvalue weighted by Gasteiger charge is 2.25. The first kappa shape index (κ1) is 31.9. The maximum absolute atomic E-state index is 12.7. The average Bonchev–Trinajstić information content (AvgIpc) is 2.94. The van der Waals surface area contributed by atoms with Gasteiger partial charge in [-0.25, -0.2) is 0 Å². The van der Waals surface area contributed by atoms with Gasteiger partial charge < -0.3 is 20.4 Å². The van der Waals surface area contributed by atoms with E-state index in [0.29, 0.717) is 37.3 Å². The summed E-state index contributed by atoms with van der Waals surface area (Å²) in [6, 6.07) is 9.67. The number of nitro groups is 2. The predicted octanol–water partition coefficient (Wildman–Crippen LogP) is 4.10. The van der Waals surface area contributed by atoms with Crippen LogP contribution in [0.15, 0.2) is 58.3 Å². The van der Waals surface area contributed by atoms with Crippen LogP contribution in [0.5, 0.6) is 0 Å². The number of benzene rings is 2. The van der Waals surface area contributed by atoms with E-state index in [1.807, 2.05) is 27.7 Å². The van der Waals surface area contributed by atoms with Crippen molar-refractivity contribution < 1.29 is 19.4 Å². The molecule has 2 aromatic carbocycles. The van der Waals surface area contributed by atoms with E-state index in [2.05, 4.69) is 10.6 Å². The Labute approximate surface area is 254 Å². The maximum Gasteiger partial charge on any atom is 0.283 e. The lowest BCUT2D eigenvalue weighted by Crippen LogP contribution is -2.55. The van der Waals surface area contributed by atoms with E-state index in [0.717, 1.165) is 11.8 Å². The van der Waals surface area contributed by atoms with Gasteiger partial charge in [0.15, 0.2) is 0 Å². The van der Waals surface area contributed by atoms with Crippen LogP contribution in [0.2, 0.25) is 0 Å². The van der Waals surface area contributed by atoms with Gasteiger partial charge in [0.25, 0.3) is 11.4 Å². The van der Waals surface area contributed by atoms with Crippen molar-refractivity contribution in [2.45, 2.75) is 61.7 Å². The van der Waals surface area contributed by atoms with Crippen LogP contribution in [0.1, 0.15) is 38.8 Å². The number of hydrogen-bond donors (Lipinski definition) is 2. The topological polar surface area (TPSA) is 151 Å². The molecule has 13 heteroatoms.